The summed E-state index contributed by atoms with van der Waals surface area (Å²) in [6, 6.07) is -1.03. The molecule has 0 spiro atoms. The van der Waals surface area contributed by atoms with Crippen LogP contribution in [0.1, 0.15) is 361 Å². The van der Waals surface area contributed by atoms with Crippen LogP contribution in [0.15, 0.2) is 72.9 Å². The smallest absolute Gasteiger partial charge is 0.306 e. The van der Waals surface area contributed by atoms with Crippen molar-refractivity contribution in [2.24, 2.45) is 0 Å². The summed E-state index contributed by atoms with van der Waals surface area (Å²) in [5.74, 6) is -1.19. The predicted octanol–water partition coefficient (Wildman–Crippen LogP) is 20.6. The molecule has 530 valence electrons. The molecule has 0 aliphatic carbocycles. The summed E-state index contributed by atoms with van der Waals surface area (Å²) in [4.78, 5) is 26.7. The molecule has 8 unspecified atom stereocenters. The lowest BCUT2D eigenvalue weighted by atomic mass is 9.99. The van der Waals surface area contributed by atoms with E-state index in [4.69, 9.17) is 14.2 Å². The molecule has 0 radical (unpaired) electrons. The minimum absolute atomic E-state index is 0.125. The van der Waals surface area contributed by atoms with Gasteiger partial charge >= 0.3 is 5.97 Å². The van der Waals surface area contributed by atoms with Crippen LogP contribution in [-0.4, -0.2) is 99.6 Å². The SMILES string of the molecule is CCCCC/C=C\C/C=C\C/C=C\C/C=C\CCCCCCCCCCCCC(O)C(=O)NC(COC1OC(CO)C(O)C(O)C1OC(=O)CCCCCCCCCCCCCCCCC/C=C/CCCCCCCC)C(O)/C=C/CCCCCCCCCCC. The monoisotopic (exact) mass is 1280 g/mol. The van der Waals surface area contributed by atoms with E-state index in [0.717, 1.165) is 83.5 Å². The summed E-state index contributed by atoms with van der Waals surface area (Å²) < 4.78 is 17.7. The fourth-order valence-corrected chi connectivity index (χ4v) is 12.0. The van der Waals surface area contributed by atoms with Gasteiger partial charge in [-0.1, -0.05) is 331 Å². The molecule has 1 rings (SSSR count). The standard InChI is InChI=1S/C80H145NO10/c1-4-7-10-13-16-19-22-24-26-28-30-32-34-36-38-39-41-43-45-47-49-52-55-58-61-64-67-73(84)79(88)81-71(72(83)66-63-60-57-54-51-21-18-15-12-9-6-3)70-89-80-78(77(87)76(86)74(69-82)90-80)91-75(85)68-65-62-59-56-53-50-48-46-44-42-40-37-35-33-31-29-27-25-23-20-17-14-11-8-5-2/h16,19,24-27,30,32,36,38,63,66,71-74,76-78,80,82-84,86-87H,4-15,17-18,20-23,28-29,31,33-35,37,39-62,64-65,67-70H2,1-3H3,(H,81,88)/b19-16-,26-24-,27-25+,32-30-,38-36-,66-63+. The summed E-state index contributed by atoms with van der Waals surface area (Å²) in [5, 5.41) is 57.3. The van der Waals surface area contributed by atoms with Gasteiger partial charge in [0.15, 0.2) is 12.4 Å². The maximum Gasteiger partial charge on any atom is 0.306 e. The Balaban J connectivity index is 2.50. The fraction of sp³-hybridized carbons (Fsp3) is 0.825. The topological polar surface area (TPSA) is 175 Å². The van der Waals surface area contributed by atoms with Gasteiger partial charge in [0.25, 0.3) is 0 Å². The molecule has 0 aromatic rings. The number of ether oxygens (including phenoxy) is 3. The van der Waals surface area contributed by atoms with Crippen molar-refractivity contribution in [3.8, 4) is 0 Å². The summed E-state index contributed by atoms with van der Waals surface area (Å²) in [6.07, 6.45) is 78.1. The quantitative estimate of drug-likeness (QED) is 0.0195. The van der Waals surface area contributed by atoms with Gasteiger partial charge < -0.3 is 45.1 Å². The molecular formula is C80H145NO10. The van der Waals surface area contributed by atoms with Crippen molar-refractivity contribution in [3.63, 3.8) is 0 Å². The van der Waals surface area contributed by atoms with E-state index in [0.29, 0.717) is 12.8 Å². The molecule has 91 heavy (non-hydrogen) atoms. The lowest BCUT2D eigenvalue weighted by Crippen LogP contribution is -2.61. The summed E-state index contributed by atoms with van der Waals surface area (Å²) in [7, 11) is 0. The number of amides is 1. The Morgan fingerprint density at radius 2 is 0.758 bits per heavy atom. The lowest BCUT2D eigenvalue weighted by Gasteiger charge is -2.41. The number of carbonyl (C=O) groups is 2. The second kappa shape index (κ2) is 67.1. The van der Waals surface area contributed by atoms with Crippen LogP contribution < -0.4 is 5.32 Å². The van der Waals surface area contributed by atoms with Crippen molar-refractivity contribution in [2.75, 3.05) is 13.2 Å². The van der Waals surface area contributed by atoms with Gasteiger partial charge in [-0.3, -0.25) is 9.59 Å². The van der Waals surface area contributed by atoms with Gasteiger partial charge in [0.05, 0.1) is 25.4 Å². The van der Waals surface area contributed by atoms with E-state index in [-0.39, 0.29) is 19.4 Å². The van der Waals surface area contributed by atoms with E-state index in [1.165, 1.54) is 231 Å². The van der Waals surface area contributed by atoms with E-state index >= 15 is 0 Å². The minimum Gasteiger partial charge on any atom is -0.454 e. The molecule has 8 atom stereocenters. The summed E-state index contributed by atoms with van der Waals surface area (Å²) in [5.41, 5.74) is 0. The third kappa shape index (κ3) is 54.0. The van der Waals surface area contributed by atoms with Crippen LogP contribution in [0.25, 0.3) is 0 Å². The minimum atomic E-state index is -1.62. The van der Waals surface area contributed by atoms with Gasteiger partial charge in [0, 0.05) is 6.42 Å². The zero-order valence-electron chi connectivity index (χ0n) is 59.2. The van der Waals surface area contributed by atoms with Crippen LogP contribution in [0.4, 0.5) is 0 Å². The highest BCUT2D eigenvalue weighted by molar-refractivity contribution is 5.80. The first-order valence-electron chi connectivity index (χ1n) is 38.7. The van der Waals surface area contributed by atoms with Gasteiger partial charge in [0.1, 0.15) is 24.4 Å². The van der Waals surface area contributed by atoms with Crippen molar-refractivity contribution in [3.05, 3.63) is 72.9 Å². The van der Waals surface area contributed by atoms with Gasteiger partial charge in [-0.25, -0.2) is 0 Å². The van der Waals surface area contributed by atoms with E-state index in [9.17, 15) is 35.1 Å². The Morgan fingerprint density at radius 1 is 0.429 bits per heavy atom. The van der Waals surface area contributed by atoms with Gasteiger partial charge in [-0.05, 0) is 96.3 Å². The normalized spacial score (nSPS) is 18.4. The Kier molecular flexibility index (Phi) is 63.5. The van der Waals surface area contributed by atoms with E-state index in [1.54, 1.807) is 6.08 Å². The fourth-order valence-electron chi connectivity index (χ4n) is 12.0. The van der Waals surface area contributed by atoms with Gasteiger partial charge in [-0.2, -0.15) is 0 Å². The zero-order valence-corrected chi connectivity index (χ0v) is 59.2. The number of hydrogen-bond donors (Lipinski definition) is 6. The number of unbranched alkanes of at least 4 members (excludes halogenated alkanes) is 43. The molecule has 1 aliphatic rings. The Bertz CT molecular complexity index is 1760. The highest BCUT2D eigenvalue weighted by Crippen LogP contribution is 2.27. The van der Waals surface area contributed by atoms with Gasteiger partial charge in [0.2, 0.25) is 5.91 Å². The second-order valence-electron chi connectivity index (χ2n) is 26.7. The number of aliphatic hydroxyl groups excluding tert-OH is 5. The molecule has 0 aromatic heterocycles. The molecule has 1 saturated heterocycles. The van der Waals surface area contributed by atoms with Gasteiger partial charge in [-0.15, -0.1) is 0 Å². The molecule has 6 N–H and O–H groups in total. The molecule has 0 bridgehead atoms. The predicted molar refractivity (Wildman–Crippen MR) is 384 cm³/mol. The highest BCUT2D eigenvalue weighted by atomic mass is 16.7. The first-order valence-corrected chi connectivity index (χ1v) is 38.7. The van der Waals surface area contributed by atoms with E-state index in [2.05, 4.69) is 86.8 Å². The summed E-state index contributed by atoms with van der Waals surface area (Å²) >= 11 is 0. The number of hydrogen-bond acceptors (Lipinski definition) is 10. The van der Waals surface area contributed by atoms with Crippen LogP contribution in [-0.2, 0) is 23.8 Å². The highest BCUT2D eigenvalue weighted by Gasteiger charge is 2.47. The van der Waals surface area contributed by atoms with Crippen molar-refractivity contribution in [1.82, 2.24) is 5.32 Å². The number of esters is 1. The zero-order chi connectivity index (χ0) is 66.0. The molecule has 1 fully saturated rings. The molecule has 0 saturated carbocycles. The Labute approximate surface area is 560 Å². The van der Waals surface area contributed by atoms with Crippen LogP contribution in [0.2, 0.25) is 0 Å². The van der Waals surface area contributed by atoms with Crippen LogP contribution in [0, 0.1) is 0 Å². The van der Waals surface area contributed by atoms with E-state index < -0.39 is 67.4 Å². The summed E-state index contributed by atoms with van der Waals surface area (Å²) in [6.45, 7) is 5.80. The van der Waals surface area contributed by atoms with Crippen molar-refractivity contribution in [1.29, 1.82) is 0 Å². The molecule has 1 heterocycles. The number of carbonyl (C=O) groups excluding carboxylic acids is 2. The number of aliphatic hydroxyl groups is 5. The Morgan fingerprint density at radius 3 is 1.16 bits per heavy atom. The Hall–Kier alpha value is -2.90. The maximum atomic E-state index is 13.5. The second-order valence-corrected chi connectivity index (χ2v) is 26.7. The average molecular weight is 1280 g/mol. The number of nitrogens with one attached hydrogen (secondary N) is 1. The van der Waals surface area contributed by atoms with Crippen LogP contribution in [0.3, 0.4) is 0 Å². The maximum absolute atomic E-state index is 13.5. The largest absolute Gasteiger partial charge is 0.454 e. The van der Waals surface area contributed by atoms with Crippen LogP contribution in [0.5, 0.6) is 0 Å². The first-order chi connectivity index (χ1) is 44.7. The van der Waals surface area contributed by atoms with Crippen molar-refractivity contribution >= 4 is 11.9 Å². The molecular weight excluding hydrogens is 1130 g/mol. The average Bonchev–Trinajstić information content (AvgIpc) is 1.02. The number of rotatable bonds is 67. The molecule has 0 aromatic carbocycles. The van der Waals surface area contributed by atoms with Crippen molar-refractivity contribution < 1.29 is 49.3 Å². The van der Waals surface area contributed by atoms with Crippen LogP contribution >= 0.6 is 0 Å². The molecule has 1 amide bonds. The van der Waals surface area contributed by atoms with Crippen molar-refractivity contribution in [2.45, 2.75) is 410 Å². The third-order valence-corrected chi connectivity index (χ3v) is 18.1. The lowest BCUT2D eigenvalue weighted by molar-refractivity contribution is -0.305. The molecule has 11 heteroatoms. The van der Waals surface area contributed by atoms with E-state index in [1.807, 2.05) is 6.08 Å². The molecule has 11 nitrogen and oxygen atoms in total. The molecule has 1 aliphatic heterocycles. The number of allylic oxidation sites excluding steroid dienone is 11. The third-order valence-electron chi connectivity index (χ3n) is 18.1. The first kappa shape index (κ1) is 86.1.